The molecule has 1 heterocycles. The highest BCUT2D eigenvalue weighted by Gasteiger charge is 2.28. The van der Waals surface area contributed by atoms with Crippen LogP contribution in [0.3, 0.4) is 0 Å². The Kier molecular flexibility index (Phi) is 6.26. The molecule has 1 fully saturated rings. The first-order valence-electron chi connectivity index (χ1n) is 7.08. The zero-order valence-corrected chi connectivity index (χ0v) is 12.9. The van der Waals surface area contributed by atoms with Gasteiger partial charge in [0.25, 0.3) is 0 Å². The zero-order chi connectivity index (χ0) is 15.2. The van der Waals surface area contributed by atoms with Gasteiger partial charge in [-0.2, -0.15) is 0 Å². The Balaban J connectivity index is 2.29. The minimum Gasteiger partial charge on any atom is -0.444 e. The minimum absolute atomic E-state index is 0.0174. The molecule has 1 saturated heterocycles. The number of hydrogen-bond acceptors (Lipinski definition) is 4. The van der Waals surface area contributed by atoms with Crippen molar-refractivity contribution in [1.82, 2.24) is 10.2 Å². The van der Waals surface area contributed by atoms with Crippen LogP contribution in [-0.2, 0) is 14.3 Å². The standard InChI is InChI=1S/C14H26N2O4/c1-14(2,3)20-13(18)15-11-7-8-16(10-11)12(17)6-5-9-19-4/h11H,5-10H2,1-4H3,(H,15,18)/t11-/m0/s1. The van der Waals surface area contributed by atoms with Gasteiger partial charge in [-0.25, -0.2) is 4.79 Å². The summed E-state index contributed by atoms with van der Waals surface area (Å²) in [5, 5.41) is 2.81. The third-order valence-corrected chi connectivity index (χ3v) is 3.00. The number of carbonyl (C=O) groups excluding carboxylic acids is 2. The van der Waals surface area contributed by atoms with E-state index >= 15 is 0 Å². The van der Waals surface area contributed by atoms with Crippen molar-refractivity contribution < 1.29 is 19.1 Å². The summed E-state index contributed by atoms with van der Waals surface area (Å²) in [6.45, 7) is 7.32. The molecule has 0 radical (unpaired) electrons. The molecule has 20 heavy (non-hydrogen) atoms. The lowest BCUT2D eigenvalue weighted by Crippen LogP contribution is -2.41. The van der Waals surface area contributed by atoms with Crippen LogP contribution < -0.4 is 5.32 Å². The van der Waals surface area contributed by atoms with E-state index in [-0.39, 0.29) is 11.9 Å². The van der Waals surface area contributed by atoms with Crippen LogP contribution >= 0.6 is 0 Å². The highest BCUT2D eigenvalue weighted by molar-refractivity contribution is 5.76. The van der Waals surface area contributed by atoms with Crippen LogP contribution in [0.15, 0.2) is 0 Å². The summed E-state index contributed by atoms with van der Waals surface area (Å²) in [5.41, 5.74) is -0.502. The molecule has 0 aromatic carbocycles. The SMILES string of the molecule is COCCCC(=O)N1CC[C@H](NC(=O)OC(C)(C)C)C1. The lowest BCUT2D eigenvalue weighted by atomic mass is 10.2. The van der Waals surface area contributed by atoms with Gasteiger partial charge in [-0.15, -0.1) is 0 Å². The third-order valence-electron chi connectivity index (χ3n) is 3.00. The largest absolute Gasteiger partial charge is 0.444 e. The van der Waals surface area contributed by atoms with Gasteiger partial charge in [0, 0.05) is 33.2 Å². The molecule has 116 valence electrons. The maximum absolute atomic E-state index is 11.9. The van der Waals surface area contributed by atoms with Gasteiger partial charge in [-0.1, -0.05) is 0 Å². The van der Waals surface area contributed by atoms with Gasteiger partial charge in [0.15, 0.2) is 0 Å². The summed E-state index contributed by atoms with van der Waals surface area (Å²) < 4.78 is 10.1. The average Bonchev–Trinajstić information content (AvgIpc) is 2.75. The highest BCUT2D eigenvalue weighted by Crippen LogP contribution is 2.13. The van der Waals surface area contributed by atoms with Crippen molar-refractivity contribution in [3.63, 3.8) is 0 Å². The molecule has 0 aromatic rings. The molecule has 6 heteroatoms. The molecule has 1 aliphatic heterocycles. The Bertz CT molecular complexity index is 339. The quantitative estimate of drug-likeness (QED) is 0.778. The van der Waals surface area contributed by atoms with Crippen LogP contribution in [0.5, 0.6) is 0 Å². The van der Waals surface area contributed by atoms with Crippen LogP contribution in [0.4, 0.5) is 4.79 Å². The Morgan fingerprint density at radius 1 is 1.35 bits per heavy atom. The van der Waals surface area contributed by atoms with Crippen LogP contribution in [-0.4, -0.2) is 55.3 Å². The molecule has 0 aliphatic carbocycles. The van der Waals surface area contributed by atoms with Crippen molar-refractivity contribution in [3.8, 4) is 0 Å². The predicted molar refractivity (Wildman–Crippen MR) is 75.5 cm³/mol. The second kappa shape index (κ2) is 7.47. The number of nitrogens with one attached hydrogen (secondary N) is 1. The maximum Gasteiger partial charge on any atom is 0.407 e. The normalized spacial score (nSPS) is 19.0. The monoisotopic (exact) mass is 286 g/mol. The van der Waals surface area contributed by atoms with Crippen LogP contribution in [0.1, 0.15) is 40.0 Å². The Hall–Kier alpha value is -1.30. The van der Waals surface area contributed by atoms with E-state index in [1.165, 1.54) is 0 Å². The first kappa shape index (κ1) is 16.8. The first-order chi connectivity index (χ1) is 9.31. The number of nitrogens with zero attached hydrogens (tertiary/aromatic N) is 1. The molecule has 6 nitrogen and oxygen atoms in total. The molecule has 0 aromatic heterocycles. The van der Waals surface area contributed by atoms with Crippen molar-refractivity contribution in [3.05, 3.63) is 0 Å². The minimum atomic E-state index is -0.502. The van der Waals surface area contributed by atoms with E-state index in [4.69, 9.17) is 9.47 Å². The molecule has 0 bridgehead atoms. The summed E-state index contributed by atoms with van der Waals surface area (Å²) in [5.74, 6) is 0.121. The second-order valence-corrected chi connectivity index (χ2v) is 6.07. The second-order valence-electron chi connectivity index (χ2n) is 6.07. The van der Waals surface area contributed by atoms with Crippen molar-refractivity contribution >= 4 is 12.0 Å². The smallest absolute Gasteiger partial charge is 0.407 e. The zero-order valence-electron chi connectivity index (χ0n) is 12.9. The highest BCUT2D eigenvalue weighted by atomic mass is 16.6. The van der Waals surface area contributed by atoms with E-state index in [1.54, 1.807) is 12.0 Å². The summed E-state index contributed by atoms with van der Waals surface area (Å²) in [6.07, 6.45) is 1.58. The van der Waals surface area contributed by atoms with E-state index in [0.717, 1.165) is 12.8 Å². The number of carbonyl (C=O) groups is 2. The van der Waals surface area contributed by atoms with Gasteiger partial charge in [-0.05, 0) is 33.6 Å². The van der Waals surface area contributed by atoms with Crippen molar-refractivity contribution in [2.45, 2.75) is 51.7 Å². The van der Waals surface area contributed by atoms with E-state index in [0.29, 0.717) is 26.1 Å². The van der Waals surface area contributed by atoms with Gasteiger partial charge in [0.05, 0.1) is 6.04 Å². The van der Waals surface area contributed by atoms with Crippen LogP contribution in [0.2, 0.25) is 0 Å². The molecule has 2 amide bonds. The fourth-order valence-electron chi connectivity index (χ4n) is 2.10. The summed E-state index contributed by atoms with van der Waals surface area (Å²) in [7, 11) is 1.63. The molecular weight excluding hydrogens is 260 g/mol. The van der Waals surface area contributed by atoms with Gasteiger partial charge in [-0.3, -0.25) is 4.79 Å². The van der Waals surface area contributed by atoms with E-state index in [1.807, 2.05) is 20.8 Å². The number of amides is 2. The van der Waals surface area contributed by atoms with Crippen molar-refractivity contribution in [1.29, 1.82) is 0 Å². The number of rotatable bonds is 5. The van der Waals surface area contributed by atoms with Gasteiger partial charge in [0.2, 0.25) is 5.91 Å². The number of hydrogen-bond donors (Lipinski definition) is 1. The Morgan fingerprint density at radius 2 is 2.05 bits per heavy atom. The van der Waals surface area contributed by atoms with E-state index in [2.05, 4.69) is 5.32 Å². The fraction of sp³-hybridized carbons (Fsp3) is 0.857. The maximum atomic E-state index is 11.9. The lowest BCUT2D eigenvalue weighted by Gasteiger charge is -2.22. The number of ether oxygens (including phenoxy) is 2. The van der Waals surface area contributed by atoms with Crippen molar-refractivity contribution in [2.24, 2.45) is 0 Å². The summed E-state index contributed by atoms with van der Waals surface area (Å²) in [6, 6.07) is -0.0174. The van der Waals surface area contributed by atoms with Gasteiger partial charge >= 0.3 is 6.09 Å². The first-order valence-corrected chi connectivity index (χ1v) is 7.08. The van der Waals surface area contributed by atoms with Crippen LogP contribution in [0, 0.1) is 0 Å². The number of alkyl carbamates (subject to hydrolysis) is 1. The molecule has 0 spiro atoms. The molecule has 1 atom stereocenters. The van der Waals surface area contributed by atoms with E-state index < -0.39 is 11.7 Å². The lowest BCUT2D eigenvalue weighted by molar-refractivity contribution is -0.130. The fourth-order valence-corrected chi connectivity index (χ4v) is 2.10. The van der Waals surface area contributed by atoms with Gasteiger partial charge in [0.1, 0.15) is 5.60 Å². The number of likely N-dealkylation sites (tertiary alicyclic amines) is 1. The molecular formula is C14H26N2O4. The third kappa shape index (κ3) is 6.23. The Morgan fingerprint density at radius 3 is 2.65 bits per heavy atom. The Labute approximate surface area is 120 Å². The molecule has 1 aliphatic rings. The summed E-state index contributed by atoms with van der Waals surface area (Å²) in [4.78, 5) is 25.3. The topological polar surface area (TPSA) is 67.9 Å². The summed E-state index contributed by atoms with van der Waals surface area (Å²) >= 11 is 0. The number of methoxy groups -OCH3 is 1. The van der Waals surface area contributed by atoms with Crippen molar-refractivity contribution in [2.75, 3.05) is 26.8 Å². The predicted octanol–water partition coefficient (Wildman–Crippen LogP) is 1.54. The van der Waals surface area contributed by atoms with Crippen LogP contribution in [0.25, 0.3) is 0 Å². The molecule has 1 N–H and O–H groups in total. The molecule has 0 saturated carbocycles. The van der Waals surface area contributed by atoms with Gasteiger partial charge < -0.3 is 19.7 Å². The average molecular weight is 286 g/mol. The molecule has 0 unspecified atom stereocenters. The molecule has 1 rings (SSSR count). The van der Waals surface area contributed by atoms with E-state index in [9.17, 15) is 9.59 Å².